The first-order valence-corrected chi connectivity index (χ1v) is 7.85. The van der Waals surface area contributed by atoms with E-state index in [1.807, 2.05) is 0 Å². The van der Waals surface area contributed by atoms with E-state index in [-0.39, 0.29) is 0 Å². The summed E-state index contributed by atoms with van der Waals surface area (Å²) < 4.78 is 7.39. The number of halogens is 2. The Labute approximate surface area is 127 Å². The Hall–Kier alpha value is 0.1000. The van der Waals surface area contributed by atoms with Gasteiger partial charge in [-0.1, -0.05) is 45.7 Å². The van der Waals surface area contributed by atoms with Crippen LogP contribution in [0, 0.1) is 5.92 Å². The first kappa shape index (κ1) is 16.2. The summed E-state index contributed by atoms with van der Waals surface area (Å²) in [5, 5.41) is 3.56. The van der Waals surface area contributed by atoms with Crippen LogP contribution >= 0.6 is 31.9 Å². The summed E-state index contributed by atoms with van der Waals surface area (Å²) in [4.78, 5) is 0. The third-order valence-corrected chi connectivity index (χ3v) is 3.93. The summed E-state index contributed by atoms with van der Waals surface area (Å²) in [6, 6.07) is 6.79. The molecule has 0 radical (unpaired) electrons. The van der Waals surface area contributed by atoms with E-state index in [9.17, 15) is 0 Å². The molecule has 0 amide bonds. The molecule has 0 fully saturated rings. The minimum atomic E-state index is 0.360. The van der Waals surface area contributed by atoms with Gasteiger partial charge < -0.3 is 10.1 Å². The predicted octanol–water partition coefficient (Wildman–Crippen LogP) is 4.53. The molecule has 0 aromatic heterocycles. The third-order valence-electron chi connectivity index (χ3n) is 3.01. The van der Waals surface area contributed by atoms with Crippen LogP contribution < -0.4 is 5.32 Å². The van der Waals surface area contributed by atoms with Crippen LogP contribution in [0.4, 0.5) is 0 Å². The maximum Gasteiger partial charge on any atom is 0.0465 e. The van der Waals surface area contributed by atoms with E-state index in [4.69, 9.17) is 4.74 Å². The Bertz CT molecular complexity index is 351. The highest BCUT2D eigenvalue weighted by molar-refractivity contribution is 9.11. The van der Waals surface area contributed by atoms with Crippen molar-refractivity contribution in [2.24, 2.45) is 5.92 Å². The lowest BCUT2D eigenvalue weighted by molar-refractivity contribution is 0.170. The van der Waals surface area contributed by atoms with Crippen LogP contribution in [0.25, 0.3) is 0 Å². The van der Waals surface area contributed by atoms with Crippen molar-refractivity contribution in [1.29, 1.82) is 0 Å². The fourth-order valence-corrected chi connectivity index (χ4v) is 3.42. The maximum absolute atomic E-state index is 5.18. The molecule has 0 spiro atoms. The summed E-state index contributed by atoms with van der Waals surface area (Å²) in [7, 11) is 1.75. The fraction of sp³-hybridized carbons (Fsp3) is 0.571. The second kappa shape index (κ2) is 8.31. The van der Waals surface area contributed by atoms with Gasteiger partial charge in [0.1, 0.15) is 0 Å². The molecule has 0 aliphatic rings. The zero-order valence-electron chi connectivity index (χ0n) is 11.2. The lowest BCUT2D eigenvalue weighted by atomic mass is 9.92. The van der Waals surface area contributed by atoms with Gasteiger partial charge in [-0.3, -0.25) is 0 Å². The van der Waals surface area contributed by atoms with E-state index in [0.717, 1.165) is 28.5 Å². The normalized spacial score (nSPS) is 14.5. The largest absolute Gasteiger partial charge is 0.385 e. The first-order valence-electron chi connectivity index (χ1n) is 6.26. The molecule has 4 heteroatoms. The van der Waals surface area contributed by atoms with E-state index in [1.54, 1.807) is 7.11 Å². The molecule has 1 aromatic rings. The zero-order chi connectivity index (χ0) is 13.5. The molecule has 2 unspecified atom stereocenters. The lowest BCUT2D eigenvalue weighted by Crippen LogP contribution is -2.27. The van der Waals surface area contributed by atoms with E-state index >= 15 is 0 Å². The highest BCUT2D eigenvalue weighted by atomic mass is 79.9. The summed E-state index contributed by atoms with van der Waals surface area (Å²) in [6.45, 7) is 6.18. The smallest absolute Gasteiger partial charge is 0.0465 e. The summed E-state index contributed by atoms with van der Waals surface area (Å²) in [5.41, 5.74) is 1.31. The van der Waals surface area contributed by atoms with Gasteiger partial charge in [0.15, 0.2) is 0 Å². The molecule has 0 aliphatic heterocycles. The second-order valence-corrected chi connectivity index (χ2v) is 6.33. The number of ether oxygens (including phenoxy) is 1. The Balaban J connectivity index is 2.88. The monoisotopic (exact) mass is 377 g/mol. The Kier molecular flexibility index (Phi) is 7.46. The quantitative estimate of drug-likeness (QED) is 0.752. The van der Waals surface area contributed by atoms with Crippen LogP contribution in [0.2, 0.25) is 0 Å². The molecule has 1 aromatic carbocycles. The van der Waals surface area contributed by atoms with Crippen LogP contribution in [-0.2, 0) is 4.74 Å². The van der Waals surface area contributed by atoms with Crippen LogP contribution in [0.5, 0.6) is 0 Å². The molecule has 0 aliphatic carbocycles. The van der Waals surface area contributed by atoms with Gasteiger partial charge in [-0.05, 0) is 42.6 Å². The molecule has 1 rings (SSSR count). The molecule has 2 nitrogen and oxygen atoms in total. The molecular weight excluding hydrogens is 358 g/mol. The molecular formula is C14H21Br2NO. The average molecular weight is 379 g/mol. The minimum Gasteiger partial charge on any atom is -0.385 e. The van der Waals surface area contributed by atoms with Gasteiger partial charge in [0.2, 0.25) is 0 Å². The van der Waals surface area contributed by atoms with Gasteiger partial charge in [-0.25, -0.2) is 0 Å². The number of nitrogens with one attached hydrogen (secondary N) is 1. The molecule has 0 bridgehead atoms. The molecule has 102 valence electrons. The number of hydrogen-bond donors (Lipinski definition) is 1. The van der Waals surface area contributed by atoms with Crippen LogP contribution in [0.15, 0.2) is 27.1 Å². The zero-order valence-corrected chi connectivity index (χ0v) is 14.3. The second-order valence-electron chi connectivity index (χ2n) is 4.50. The Morgan fingerprint density at radius 1 is 1.22 bits per heavy atom. The number of hydrogen-bond acceptors (Lipinski definition) is 2. The molecule has 0 saturated heterocycles. The van der Waals surface area contributed by atoms with Gasteiger partial charge in [-0.2, -0.15) is 0 Å². The van der Waals surface area contributed by atoms with Crippen molar-refractivity contribution in [2.75, 3.05) is 20.3 Å². The standard InChI is InChI=1S/C14H21Br2NO/c1-4-17-14(10(2)5-6-18-3)11-7-12(15)9-13(16)8-11/h7-10,14,17H,4-6H2,1-3H3. The van der Waals surface area contributed by atoms with E-state index in [2.05, 4.69) is 69.2 Å². The van der Waals surface area contributed by atoms with Gasteiger partial charge in [0.05, 0.1) is 0 Å². The highest BCUT2D eigenvalue weighted by Crippen LogP contribution is 2.29. The molecule has 2 atom stereocenters. The molecule has 1 N–H and O–H groups in total. The van der Waals surface area contributed by atoms with Gasteiger partial charge >= 0.3 is 0 Å². The number of methoxy groups -OCH3 is 1. The topological polar surface area (TPSA) is 21.3 Å². The van der Waals surface area contributed by atoms with Crippen LogP contribution in [-0.4, -0.2) is 20.3 Å². The van der Waals surface area contributed by atoms with Crippen molar-refractivity contribution in [3.8, 4) is 0 Å². The summed E-state index contributed by atoms with van der Waals surface area (Å²) in [5.74, 6) is 0.533. The maximum atomic E-state index is 5.18. The average Bonchev–Trinajstić information content (AvgIpc) is 2.31. The van der Waals surface area contributed by atoms with Gasteiger partial charge in [0.25, 0.3) is 0 Å². The minimum absolute atomic E-state index is 0.360. The molecule has 18 heavy (non-hydrogen) atoms. The van der Waals surface area contributed by atoms with Crippen LogP contribution in [0.3, 0.4) is 0 Å². The lowest BCUT2D eigenvalue weighted by Gasteiger charge is -2.25. The fourth-order valence-electron chi connectivity index (χ4n) is 2.09. The van der Waals surface area contributed by atoms with Crippen molar-refractivity contribution in [3.63, 3.8) is 0 Å². The van der Waals surface area contributed by atoms with Crippen molar-refractivity contribution in [3.05, 3.63) is 32.7 Å². The molecule has 0 heterocycles. The van der Waals surface area contributed by atoms with E-state index in [0.29, 0.717) is 12.0 Å². The van der Waals surface area contributed by atoms with E-state index < -0.39 is 0 Å². The van der Waals surface area contributed by atoms with Crippen LogP contribution in [0.1, 0.15) is 31.9 Å². The van der Waals surface area contributed by atoms with Crippen molar-refractivity contribution >= 4 is 31.9 Å². The number of rotatable bonds is 7. The predicted molar refractivity (Wildman–Crippen MR) is 83.9 cm³/mol. The van der Waals surface area contributed by atoms with Gasteiger partial charge in [0, 0.05) is 28.7 Å². The summed E-state index contributed by atoms with van der Waals surface area (Å²) >= 11 is 7.10. The Morgan fingerprint density at radius 2 is 1.83 bits per heavy atom. The van der Waals surface area contributed by atoms with E-state index in [1.165, 1.54) is 5.56 Å². The van der Waals surface area contributed by atoms with Gasteiger partial charge in [-0.15, -0.1) is 0 Å². The first-order chi connectivity index (χ1) is 8.58. The SMILES string of the molecule is CCNC(c1cc(Br)cc(Br)c1)C(C)CCOC. The van der Waals surface area contributed by atoms with Crippen molar-refractivity contribution in [1.82, 2.24) is 5.32 Å². The van der Waals surface area contributed by atoms with Crippen molar-refractivity contribution < 1.29 is 4.74 Å². The summed E-state index contributed by atoms with van der Waals surface area (Å²) in [6.07, 6.45) is 1.05. The third kappa shape index (κ3) is 5.00. The Morgan fingerprint density at radius 3 is 2.33 bits per heavy atom. The highest BCUT2D eigenvalue weighted by Gasteiger charge is 2.18. The van der Waals surface area contributed by atoms with Crippen molar-refractivity contribution in [2.45, 2.75) is 26.3 Å². The number of benzene rings is 1. The molecule has 0 saturated carbocycles.